The second-order valence-corrected chi connectivity index (χ2v) is 7.38. The van der Waals surface area contributed by atoms with Crippen molar-refractivity contribution < 1.29 is 18.0 Å². The van der Waals surface area contributed by atoms with Crippen LogP contribution in [0.3, 0.4) is 0 Å². The first kappa shape index (κ1) is 20.8. The van der Waals surface area contributed by atoms with Gasteiger partial charge < -0.3 is 10.2 Å². The molecule has 0 aliphatic carbocycles. The molecule has 1 amide bonds. The molecule has 160 valence electrons. The average Bonchev–Trinajstić information content (AvgIpc) is 3.32. The van der Waals surface area contributed by atoms with Crippen LogP contribution >= 0.6 is 0 Å². The number of amides is 1. The van der Waals surface area contributed by atoms with Gasteiger partial charge in [-0.2, -0.15) is 13.2 Å². The van der Waals surface area contributed by atoms with Crippen molar-refractivity contribution in [2.75, 3.05) is 18.0 Å². The van der Waals surface area contributed by atoms with Crippen molar-refractivity contribution in [2.24, 2.45) is 0 Å². The molecule has 1 N–H and O–H groups in total. The number of anilines is 1. The Kier molecular flexibility index (Phi) is 5.88. The van der Waals surface area contributed by atoms with Crippen molar-refractivity contribution in [3.05, 3.63) is 77.6 Å². The summed E-state index contributed by atoms with van der Waals surface area (Å²) in [4.78, 5) is 23.8. The van der Waals surface area contributed by atoms with Crippen LogP contribution in [0.1, 0.15) is 34.3 Å². The van der Waals surface area contributed by atoms with E-state index < -0.39 is 11.7 Å². The van der Waals surface area contributed by atoms with E-state index in [1.807, 2.05) is 6.07 Å². The molecule has 1 saturated heterocycles. The topological polar surface area (TPSA) is 58.1 Å². The third kappa shape index (κ3) is 4.84. The quantitative estimate of drug-likeness (QED) is 0.643. The van der Waals surface area contributed by atoms with Gasteiger partial charge in [-0.1, -0.05) is 24.3 Å². The van der Waals surface area contributed by atoms with Crippen LogP contribution in [0.15, 0.2) is 60.9 Å². The molecule has 3 aromatic rings. The molecule has 0 unspecified atom stereocenters. The molecule has 0 atom stereocenters. The molecule has 2 aromatic carbocycles. The molecule has 31 heavy (non-hydrogen) atoms. The molecular weight excluding hydrogens is 405 g/mol. The van der Waals surface area contributed by atoms with E-state index >= 15 is 0 Å². The zero-order valence-corrected chi connectivity index (χ0v) is 16.7. The first-order valence-electron chi connectivity index (χ1n) is 10.0. The van der Waals surface area contributed by atoms with Crippen LogP contribution in [0.2, 0.25) is 0 Å². The molecule has 0 spiro atoms. The van der Waals surface area contributed by atoms with Gasteiger partial charge in [-0.3, -0.25) is 9.78 Å². The summed E-state index contributed by atoms with van der Waals surface area (Å²) in [6.07, 6.45) is 1.07. The van der Waals surface area contributed by atoms with Gasteiger partial charge in [0.1, 0.15) is 5.69 Å². The summed E-state index contributed by atoms with van der Waals surface area (Å²) in [5, 5.41) is 2.69. The van der Waals surface area contributed by atoms with E-state index in [0.29, 0.717) is 16.8 Å². The lowest BCUT2D eigenvalue weighted by Crippen LogP contribution is -2.23. The number of carbonyl (C=O) groups excluding carboxylic acids is 1. The summed E-state index contributed by atoms with van der Waals surface area (Å²) in [7, 11) is 0. The molecule has 0 saturated carbocycles. The number of aromatic nitrogens is 2. The van der Waals surface area contributed by atoms with Crippen molar-refractivity contribution >= 4 is 11.7 Å². The van der Waals surface area contributed by atoms with Crippen molar-refractivity contribution in [1.29, 1.82) is 0 Å². The third-order valence-electron chi connectivity index (χ3n) is 5.19. The number of hydrogen-bond acceptors (Lipinski definition) is 4. The minimum Gasteiger partial charge on any atom is -0.355 e. The maximum Gasteiger partial charge on any atom is 0.416 e. The minimum absolute atomic E-state index is 0.00283. The van der Waals surface area contributed by atoms with Crippen LogP contribution in [0.5, 0.6) is 0 Å². The van der Waals surface area contributed by atoms with E-state index in [0.717, 1.165) is 49.4 Å². The molecule has 1 aliphatic rings. The van der Waals surface area contributed by atoms with E-state index in [9.17, 15) is 18.0 Å². The highest BCUT2D eigenvalue weighted by atomic mass is 19.4. The van der Waals surface area contributed by atoms with Crippen molar-refractivity contribution in [2.45, 2.75) is 25.6 Å². The zero-order valence-electron chi connectivity index (χ0n) is 16.7. The smallest absolute Gasteiger partial charge is 0.355 e. The van der Waals surface area contributed by atoms with Crippen LogP contribution in [0.4, 0.5) is 19.0 Å². The van der Waals surface area contributed by atoms with Gasteiger partial charge in [0, 0.05) is 43.2 Å². The second-order valence-electron chi connectivity index (χ2n) is 7.38. The molecule has 2 heterocycles. The minimum atomic E-state index is -4.42. The highest BCUT2D eigenvalue weighted by molar-refractivity contribution is 5.95. The number of benzene rings is 2. The van der Waals surface area contributed by atoms with E-state index in [1.165, 1.54) is 6.07 Å². The molecule has 5 nitrogen and oxygen atoms in total. The fourth-order valence-corrected chi connectivity index (χ4v) is 3.64. The fraction of sp³-hybridized carbons (Fsp3) is 0.261. The summed E-state index contributed by atoms with van der Waals surface area (Å²) < 4.78 is 38.6. The highest BCUT2D eigenvalue weighted by Crippen LogP contribution is 2.30. The highest BCUT2D eigenvalue weighted by Gasteiger charge is 2.30. The summed E-state index contributed by atoms with van der Waals surface area (Å²) >= 11 is 0. The van der Waals surface area contributed by atoms with Gasteiger partial charge in [-0.15, -0.1) is 0 Å². The Morgan fingerprint density at radius 2 is 1.74 bits per heavy atom. The predicted octanol–water partition coefficient (Wildman–Crippen LogP) is 4.69. The third-order valence-corrected chi connectivity index (χ3v) is 5.19. The predicted molar refractivity (Wildman–Crippen MR) is 112 cm³/mol. The largest absolute Gasteiger partial charge is 0.416 e. The second kappa shape index (κ2) is 8.75. The van der Waals surface area contributed by atoms with Crippen molar-refractivity contribution in [3.63, 3.8) is 0 Å². The van der Waals surface area contributed by atoms with Crippen LogP contribution in [-0.2, 0) is 12.7 Å². The lowest BCUT2D eigenvalue weighted by atomic mass is 10.1. The number of rotatable bonds is 5. The standard InChI is InChI=1S/C23H21F3N4O/c24-23(25,26)19-8-3-5-16(13-19)15-29-22(31)18-7-4-6-17(14-18)20-21(28-10-9-27-20)30-11-1-2-12-30/h3-10,13-14H,1-2,11-12,15H2,(H,29,31). The van der Waals surface area contributed by atoms with Gasteiger partial charge in [0.25, 0.3) is 5.91 Å². The Hall–Kier alpha value is -3.42. The fourth-order valence-electron chi connectivity index (χ4n) is 3.64. The number of alkyl halides is 3. The van der Waals surface area contributed by atoms with Crippen molar-refractivity contribution in [3.8, 4) is 11.3 Å². The SMILES string of the molecule is O=C(NCc1cccc(C(F)(F)F)c1)c1cccc(-c2nccnc2N2CCCC2)c1. The summed E-state index contributed by atoms with van der Waals surface area (Å²) in [5.74, 6) is 0.424. The lowest BCUT2D eigenvalue weighted by Gasteiger charge is -2.19. The first-order valence-corrected chi connectivity index (χ1v) is 10.0. The van der Waals surface area contributed by atoms with E-state index in [4.69, 9.17) is 0 Å². The molecule has 8 heteroatoms. The van der Waals surface area contributed by atoms with Crippen LogP contribution in [0, 0.1) is 0 Å². The van der Waals surface area contributed by atoms with E-state index in [1.54, 1.807) is 36.7 Å². The number of halogens is 3. The van der Waals surface area contributed by atoms with Crippen LogP contribution in [-0.4, -0.2) is 29.0 Å². The van der Waals surface area contributed by atoms with Gasteiger partial charge >= 0.3 is 6.18 Å². The monoisotopic (exact) mass is 426 g/mol. The molecule has 4 rings (SSSR count). The Bertz CT molecular complexity index is 1080. The van der Waals surface area contributed by atoms with Gasteiger partial charge in [0.2, 0.25) is 0 Å². The van der Waals surface area contributed by atoms with Gasteiger partial charge in [-0.25, -0.2) is 4.98 Å². The molecule has 0 bridgehead atoms. The summed E-state index contributed by atoms with van der Waals surface area (Å²) in [5.41, 5.74) is 1.52. The molecule has 1 fully saturated rings. The maximum absolute atomic E-state index is 12.9. The van der Waals surface area contributed by atoms with Crippen LogP contribution in [0.25, 0.3) is 11.3 Å². The Morgan fingerprint density at radius 1 is 1.00 bits per heavy atom. The average molecular weight is 426 g/mol. The maximum atomic E-state index is 12.9. The summed E-state index contributed by atoms with van der Waals surface area (Å²) in [6.45, 7) is 1.84. The molecular formula is C23H21F3N4O. The summed E-state index contributed by atoms with van der Waals surface area (Å²) in [6, 6.07) is 11.9. The van der Waals surface area contributed by atoms with Crippen LogP contribution < -0.4 is 10.2 Å². The van der Waals surface area contributed by atoms with E-state index in [-0.39, 0.29) is 12.5 Å². The molecule has 1 aliphatic heterocycles. The normalized spacial score (nSPS) is 14.0. The molecule has 1 aromatic heterocycles. The molecule has 0 radical (unpaired) electrons. The van der Waals surface area contributed by atoms with E-state index in [2.05, 4.69) is 20.2 Å². The Morgan fingerprint density at radius 3 is 2.52 bits per heavy atom. The number of hydrogen-bond donors (Lipinski definition) is 1. The van der Waals surface area contributed by atoms with Gasteiger partial charge in [0.05, 0.1) is 5.56 Å². The zero-order chi connectivity index (χ0) is 21.8. The number of carbonyl (C=O) groups is 1. The number of nitrogens with zero attached hydrogens (tertiary/aromatic N) is 3. The van der Waals surface area contributed by atoms with Crippen molar-refractivity contribution in [1.82, 2.24) is 15.3 Å². The van der Waals surface area contributed by atoms with Gasteiger partial charge in [-0.05, 0) is 42.7 Å². The number of nitrogens with one attached hydrogen (secondary N) is 1. The Labute approximate surface area is 178 Å². The lowest BCUT2D eigenvalue weighted by molar-refractivity contribution is -0.137. The Balaban J connectivity index is 1.51. The first-order chi connectivity index (χ1) is 14.9. The van der Waals surface area contributed by atoms with Gasteiger partial charge in [0.15, 0.2) is 5.82 Å².